The Kier molecular flexibility index (Phi) is 6.04. The molecule has 0 bridgehead atoms. The average molecular weight is 278 g/mol. The van der Waals surface area contributed by atoms with E-state index in [1.165, 1.54) is 0 Å². The van der Waals surface area contributed by atoms with Crippen molar-refractivity contribution in [1.29, 1.82) is 0 Å². The van der Waals surface area contributed by atoms with Crippen LogP contribution in [0.5, 0.6) is 0 Å². The van der Waals surface area contributed by atoms with Crippen LogP contribution in [0.2, 0.25) is 0 Å². The summed E-state index contributed by atoms with van der Waals surface area (Å²) in [6.07, 6.45) is 1.91. The fourth-order valence-electron chi connectivity index (χ4n) is 2.17. The minimum atomic E-state index is -3.35. The number of likely N-dealkylation sites (N-methyl/N-ethyl adjacent to an activating group) is 1. The second-order valence-corrected chi connectivity index (χ2v) is 6.54. The van der Waals surface area contributed by atoms with Gasteiger partial charge in [-0.15, -0.1) is 0 Å². The van der Waals surface area contributed by atoms with E-state index in [0.29, 0.717) is 0 Å². The number of hydrogen-bond acceptors (Lipinski definition) is 4. The maximum Gasteiger partial charge on any atom is 0.303 e. The number of likely N-dealkylation sites (tertiary alicyclic amines) is 1. The predicted octanol–water partition coefficient (Wildman–Crippen LogP) is 0.255. The molecule has 0 aromatic rings. The highest BCUT2D eigenvalue weighted by molar-refractivity contribution is 7.89. The first-order valence-electron chi connectivity index (χ1n) is 6.37. The van der Waals surface area contributed by atoms with Crippen molar-refractivity contribution in [1.82, 2.24) is 9.62 Å². The van der Waals surface area contributed by atoms with Gasteiger partial charge in [-0.1, -0.05) is 6.92 Å². The van der Waals surface area contributed by atoms with Crippen molar-refractivity contribution in [2.75, 3.05) is 25.4 Å². The van der Waals surface area contributed by atoms with Crippen LogP contribution in [0.4, 0.5) is 0 Å². The number of aliphatic carboxylic acids is 1. The van der Waals surface area contributed by atoms with Gasteiger partial charge in [-0.25, -0.2) is 13.1 Å². The maximum absolute atomic E-state index is 11.8. The lowest BCUT2D eigenvalue weighted by Crippen LogP contribution is -2.48. The molecule has 0 radical (unpaired) electrons. The lowest BCUT2D eigenvalue weighted by atomic mass is 10.1. The second-order valence-electron chi connectivity index (χ2n) is 4.67. The van der Waals surface area contributed by atoms with Crippen molar-refractivity contribution in [3.63, 3.8) is 0 Å². The topological polar surface area (TPSA) is 86.7 Å². The van der Waals surface area contributed by atoms with Crippen molar-refractivity contribution >= 4 is 16.0 Å². The molecule has 1 fully saturated rings. The Hall–Kier alpha value is -0.660. The summed E-state index contributed by atoms with van der Waals surface area (Å²) in [6.45, 7) is 4.75. The molecular formula is C11H22N2O4S. The molecule has 0 spiro atoms. The second kappa shape index (κ2) is 7.06. The lowest BCUT2D eigenvalue weighted by molar-refractivity contribution is -0.137. The molecular weight excluding hydrogens is 256 g/mol. The van der Waals surface area contributed by atoms with E-state index >= 15 is 0 Å². The quantitative estimate of drug-likeness (QED) is 0.697. The Balaban J connectivity index is 2.37. The molecule has 1 heterocycles. The van der Waals surface area contributed by atoms with Crippen molar-refractivity contribution in [2.45, 2.75) is 38.6 Å². The zero-order chi connectivity index (χ0) is 13.6. The molecule has 0 aromatic carbocycles. The Morgan fingerprint density at radius 1 is 1.50 bits per heavy atom. The summed E-state index contributed by atoms with van der Waals surface area (Å²) in [5.74, 6) is -1.07. The Morgan fingerprint density at radius 3 is 2.83 bits per heavy atom. The summed E-state index contributed by atoms with van der Waals surface area (Å²) in [7, 11) is -3.35. The molecule has 18 heavy (non-hydrogen) atoms. The van der Waals surface area contributed by atoms with E-state index in [-0.39, 0.29) is 24.6 Å². The van der Waals surface area contributed by atoms with Gasteiger partial charge in [-0.05, 0) is 32.4 Å². The molecule has 7 heteroatoms. The van der Waals surface area contributed by atoms with E-state index < -0.39 is 16.0 Å². The van der Waals surface area contributed by atoms with Crippen LogP contribution in [-0.4, -0.2) is 55.8 Å². The minimum Gasteiger partial charge on any atom is -0.481 e. The average Bonchev–Trinajstić information content (AvgIpc) is 2.27. The fraction of sp³-hybridized carbons (Fsp3) is 0.909. The third-order valence-corrected chi connectivity index (χ3v) is 4.62. The smallest absolute Gasteiger partial charge is 0.303 e. The Bertz CT molecular complexity index is 369. The molecule has 1 aliphatic heterocycles. The fourth-order valence-corrected chi connectivity index (χ4v) is 3.51. The third kappa shape index (κ3) is 5.79. The number of carbonyl (C=O) groups is 1. The largest absolute Gasteiger partial charge is 0.481 e. The van der Waals surface area contributed by atoms with E-state index in [0.717, 1.165) is 32.5 Å². The first-order chi connectivity index (χ1) is 8.43. The van der Waals surface area contributed by atoms with Gasteiger partial charge >= 0.3 is 5.97 Å². The maximum atomic E-state index is 11.8. The van der Waals surface area contributed by atoms with Gasteiger partial charge in [0, 0.05) is 19.0 Å². The molecule has 0 amide bonds. The number of carboxylic acids is 1. The summed E-state index contributed by atoms with van der Waals surface area (Å²) in [5.41, 5.74) is 0. The van der Waals surface area contributed by atoms with E-state index in [9.17, 15) is 13.2 Å². The highest BCUT2D eigenvalue weighted by atomic mass is 32.2. The third-order valence-electron chi connectivity index (χ3n) is 3.10. The summed E-state index contributed by atoms with van der Waals surface area (Å²) < 4.78 is 26.2. The summed E-state index contributed by atoms with van der Waals surface area (Å²) >= 11 is 0. The molecule has 0 aliphatic carbocycles. The SMILES string of the molecule is CCN1CCCC(NS(=O)(=O)CCCC(=O)O)C1. The molecule has 1 atom stereocenters. The molecule has 0 aromatic heterocycles. The Morgan fingerprint density at radius 2 is 2.22 bits per heavy atom. The van der Waals surface area contributed by atoms with Gasteiger partial charge in [0.05, 0.1) is 5.75 Å². The van der Waals surface area contributed by atoms with E-state index in [1.54, 1.807) is 0 Å². The van der Waals surface area contributed by atoms with Crippen LogP contribution in [0.3, 0.4) is 0 Å². The van der Waals surface area contributed by atoms with Crippen molar-refractivity contribution in [2.24, 2.45) is 0 Å². The number of carboxylic acid groups (broad SMARTS) is 1. The molecule has 1 aliphatic rings. The van der Waals surface area contributed by atoms with Gasteiger partial charge in [-0.3, -0.25) is 4.79 Å². The van der Waals surface area contributed by atoms with Crippen LogP contribution in [-0.2, 0) is 14.8 Å². The molecule has 0 saturated carbocycles. The zero-order valence-corrected chi connectivity index (χ0v) is 11.6. The Labute approximate surface area is 108 Å². The highest BCUT2D eigenvalue weighted by Crippen LogP contribution is 2.10. The van der Waals surface area contributed by atoms with Crippen LogP contribution in [0.15, 0.2) is 0 Å². The van der Waals surface area contributed by atoms with Crippen LogP contribution in [0.1, 0.15) is 32.6 Å². The van der Waals surface area contributed by atoms with E-state index in [4.69, 9.17) is 5.11 Å². The van der Waals surface area contributed by atoms with Gasteiger partial charge in [0.2, 0.25) is 10.0 Å². The van der Waals surface area contributed by atoms with Crippen molar-refractivity contribution in [3.8, 4) is 0 Å². The molecule has 6 nitrogen and oxygen atoms in total. The molecule has 1 saturated heterocycles. The van der Waals surface area contributed by atoms with E-state index in [2.05, 4.69) is 16.5 Å². The summed E-state index contributed by atoms with van der Waals surface area (Å²) in [5, 5.41) is 8.48. The van der Waals surface area contributed by atoms with Gasteiger partial charge in [-0.2, -0.15) is 0 Å². The summed E-state index contributed by atoms with van der Waals surface area (Å²) in [6, 6.07) is -0.0338. The number of nitrogens with one attached hydrogen (secondary N) is 1. The number of hydrogen-bond donors (Lipinski definition) is 2. The molecule has 1 rings (SSSR count). The van der Waals surface area contributed by atoms with Gasteiger partial charge < -0.3 is 10.0 Å². The van der Waals surface area contributed by atoms with Crippen LogP contribution >= 0.6 is 0 Å². The minimum absolute atomic E-state index is 0.0338. The van der Waals surface area contributed by atoms with Crippen LogP contribution in [0, 0.1) is 0 Å². The van der Waals surface area contributed by atoms with Gasteiger partial charge in [0.1, 0.15) is 0 Å². The number of rotatable bonds is 7. The standard InChI is InChI=1S/C11H22N2O4S/c1-2-13-7-3-5-10(9-13)12-18(16,17)8-4-6-11(14)15/h10,12H,2-9H2,1H3,(H,14,15). The van der Waals surface area contributed by atoms with Crippen LogP contribution in [0.25, 0.3) is 0 Å². The lowest BCUT2D eigenvalue weighted by Gasteiger charge is -2.32. The monoisotopic (exact) mass is 278 g/mol. The number of piperidine rings is 1. The molecule has 1 unspecified atom stereocenters. The highest BCUT2D eigenvalue weighted by Gasteiger charge is 2.23. The molecule has 2 N–H and O–H groups in total. The van der Waals surface area contributed by atoms with Gasteiger partial charge in [0.15, 0.2) is 0 Å². The first kappa shape index (κ1) is 15.4. The van der Waals surface area contributed by atoms with E-state index in [1.807, 2.05) is 0 Å². The predicted molar refractivity (Wildman–Crippen MR) is 68.9 cm³/mol. The zero-order valence-electron chi connectivity index (χ0n) is 10.8. The van der Waals surface area contributed by atoms with Crippen molar-refractivity contribution < 1.29 is 18.3 Å². The number of nitrogens with zero attached hydrogens (tertiary/aromatic N) is 1. The summed E-state index contributed by atoms with van der Waals surface area (Å²) in [4.78, 5) is 12.6. The van der Waals surface area contributed by atoms with Crippen LogP contribution < -0.4 is 4.72 Å². The number of sulfonamides is 1. The first-order valence-corrected chi connectivity index (χ1v) is 8.02. The molecule has 106 valence electrons. The normalized spacial score (nSPS) is 21.9. The van der Waals surface area contributed by atoms with Crippen molar-refractivity contribution in [3.05, 3.63) is 0 Å². The van der Waals surface area contributed by atoms with Gasteiger partial charge in [0.25, 0.3) is 0 Å².